The Balaban J connectivity index is 0.00000220. The van der Waals surface area contributed by atoms with Gasteiger partial charge in [-0.1, -0.05) is 11.6 Å². The van der Waals surface area contributed by atoms with E-state index in [1.165, 1.54) is 12.5 Å². The van der Waals surface area contributed by atoms with E-state index in [9.17, 15) is 4.79 Å². The topological polar surface area (TPSA) is 76.1 Å². The van der Waals surface area contributed by atoms with E-state index in [1.54, 1.807) is 7.11 Å². The van der Waals surface area contributed by atoms with Gasteiger partial charge >= 0.3 is 0 Å². The first-order chi connectivity index (χ1) is 9.67. The first kappa shape index (κ1) is 18.1. The predicted octanol–water partition coefficient (Wildman–Crippen LogP) is 1.30. The summed E-state index contributed by atoms with van der Waals surface area (Å²) < 4.78 is 5.32. The summed E-state index contributed by atoms with van der Waals surface area (Å²) in [5.74, 6) is -0.272. The highest BCUT2D eigenvalue weighted by atomic mass is 35.5. The van der Waals surface area contributed by atoms with Gasteiger partial charge in [-0.15, -0.1) is 12.4 Å². The predicted molar refractivity (Wildman–Crippen MR) is 83.0 cm³/mol. The minimum atomic E-state index is -0.272. The molecule has 1 aliphatic heterocycles. The lowest BCUT2D eigenvalue weighted by Crippen LogP contribution is -2.47. The Kier molecular flexibility index (Phi) is 7.31. The monoisotopic (exact) mass is 334 g/mol. The zero-order valence-corrected chi connectivity index (χ0v) is 13.5. The van der Waals surface area contributed by atoms with Gasteiger partial charge in [-0.2, -0.15) is 0 Å². The van der Waals surface area contributed by atoms with Crippen LogP contribution >= 0.6 is 24.0 Å². The molecule has 1 aromatic rings. The van der Waals surface area contributed by atoms with Gasteiger partial charge in [0.2, 0.25) is 0 Å². The van der Waals surface area contributed by atoms with Crippen LogP contribution in [0.3, 0.4) is 0 Å². The van der Waals surface area contributed by atoms with Crippen molar-refractivity contribution in [2.45, 2.75) is 12.8 Å². The molecule has 21 heavy (non-hydrogen) atoms. The van der Waals surface area contributed by atoms with E-state index in [0.717, 1.165) is 25.9 Å². The van der Waals surface area contributed by atoms with E-state index in [4.69, 9.17) is 16.3 Å². The molecule has 118 valence electrons. The maximum Gasteiger partial charge on any atom is 0.271 e. The molecule has 8 heteroatoms. The number of nitrogens with one attached hydrogen (secondary N) is 2. The molecule has 0 unspecified atom stereocenters. The highest BCUT2D eigenvalue weighted by Gasteiger charge is 2.32. The summed E-state index contributed by atoms with van der Waals surface area (Å²) in [4.78, 5) is 19.8. The van der Waals surface area contributed by atoms with E-state index >= 15 is 0 Å². The molecule has 2 N–H and O–H groups in total. The fourth-order valence-corrected chi connectivity index (χ4v) is 2.66. The summed E-state index contributed by atoms with van der Waals surface area (Å²) in [6.45, 7) is 3.06. The van der Waals surface area contributed by atoms with Gasteiger partial charge < -0.3 is 15.4 Å². The Morgan fingerprint density at radius 1 is 1.52 bits per heavy atom. The lowest BCUT2D eigenvalue weighted by molar-refractivity contribution is 0.0511. The summed E-state index contributed by atoms with van der Waals surface area (Å²) in [5, 5.41) is 6.49. The number of hydrogen-bond donors (Lipinski definition) is 2. The van der Waals surface area contributed by atoms with E-state index in [1.807, 2.05) is 0 Å². The molecule has 1 amide bonds. The molecular weight excluding hydrogens is 315 g/mol. The van der Waals surface area contributed by atoms with Crippen LogP contribution in [0.25, 0.3) is 0 Å². The van der Waals surface area contributed by atoms with Crippen LogP contribution in [0, 0.1) is 5.41 Å². The van der Waals surface area contributed by atoms with Crippen molar-refractivity contribution in [3.8, 4) is 0 Å². The normalized spacial score (nSPS) is 16.9. The molecule has 0 aromatic carbocycles. The molecule has 2 rings (SSSR count). The van der Waals surface area contributed by atoms with Gasteiger partial charge in [-0.25, -0.2) is 9.97 Å². The van der Waals surface area contributed by atoms with Crippen LogP contribution < -0.4 is 10.6 Å². The molecule has 1 aliphatic rings. The molecule has 0 bridgehead atoms. The number of rotatable bonds is 5. The Labute approximate surface area is 135 Å². The van der Waals surface area contributed by atoms with E-state index in [-0.39, 0.29) is 34.4 Å². The van der Waals surface area contributed by atoms with Crippen molar-refractivity contribution in [3.63, 3.8) is 0 Å². The number of halogens is 2. The van der Waals surface area contributed by atoms with Crippen LogP contribution in [0.15, 0.2) is 12.5 Å². The van der Waals surface area contributed by atoms with Crippen LogP contribution in [0.1, 0.15) is 23.3 Å². The molecule has 2 heterocycles. The maximum absolute atomic E-state index is 12.1. The largest absolute Gasteiger partial charge is 0.384 e. The zero-order chi connectivity index (χ0) is 14.4. The second kappa shape index (κ2) is 8.48. The minimum absolute atomic E-state index is 0. The van der Waals surface area contributed by atoms with Gasteiger partial charge in [0.25, 0.3) is 5.91 Å². The Bertz CT molecular complexity index is 462. The molecule has 0 saturated carbocycles. The number of ether oxygens (including phenoxy) is 1. The number of hydrogen-bond acceptors (Lipinski definition) is 5. The summed E-state index contributed by atoms with van der Waals surface area (Å²) in [6.07, 6.45) is 4.67. The molecule has 0 aliphatic carbocycles. The van der Waals surface area contributed by atoms with Gasteiger partial charge in [0.15, 0.2) is 0 Å². The summed E-state index contributed by atoms with van der Waals surface area (Å²) in [6, 6.07) is 0. The maximum atomic E-state index is 12.1. The number of amides is 1. The standard InChI is InChI=1S/C13H19ClN4O2.ClH/c1-20-8-13(2-4-15-5-3-13)7-17-12(19)11-10(14)6-16-9-18-11;/h6,9,15H,2-5,7-8H2,1H3,(H,17,19);1H. The zero-order valence-electron chi connectivity index (χ0n) is 11.9. The Morgan fingerprint density at radius 3 is 2.86 bits per heavy atom. The van der Waals surface area contributed by atoms with Gasteiger partial charge in [0, 0.05) is 25.3 Å². The highest BCUT2D eigenvalue weighted by molar-refractivity contribution is 6.33. The number of aromatic nitrogens is 2. The van der Waals surface area contributed by atoms with E-state index in [0.29, 0.717) is 13.2 Å². The summed E-state index contributed by atoms with van der Waals surface area (Å²) in [7, 11) is 1.69. The molecule has 0 spiro atoms. The summed E-state index contributed by atoms with van der Waals surface area (Å²) >= 11 is 5.92. The van der Waals surface area contributed by atoms with Crippen molar-refractivity contribution in [1.82, 2.24) is 20.6 Å². The highest BCUT2D eigenvalue weighted by Crippen LogP contribution is 2.28. The fraction of sp³-hybridized carbons (Fsp3) is 0.615. The molecule has 0 radical (unpaired) electrons. The lowest BCUT2D eigenvalue weighted by Gasteiger charge is -2.37. The third kappa shape index (κ3) is 4.78. The van der Waals surface area contributed by atoms with Gasteiger partial charge in [0.05, 0.1) is 11.6 Å². The van der Waals surface area contributed by atoms with Gasteiger partial charge in [0.1, 0.15) is 12.0 Å². The number of nitrogens with zero attached hydrogens (tertiary/aromatic N) is 2. The average molecular weight is 335 g/mol. The van der Waals surface area contributed by atoms with Crippen LogP contribution in [0.2, 0.25) is 5.02 Å². The number of carbonyl (C=O) groups excluding carboxylic acids is 1. The molecule has 1 fully saturated rings. The SMILES string of the molecule is COCC1(CNC(=O)c2ncncc2Cl)CCNCC1.Cl. The van der Waals surface area contributed by atoms with Gasteiger partial charge in [-0.3, -0.25) is 4.79 Å². The molecule has 1 saturated heterocycles. The molecule has 0 atom stereocenters. The Hall–Kier alpha value is -0.950. The second-order valence-electron chi connectivity index (χ2n) is 5.08. The quantitative estimate of drug-likeness (QED) is 0.848. The van der Waals surface area contributed by atoms with E-state index in [2.05, 4.69) is 20.6 Å². The Morgan fingerprint density at radius 2 is 2.24 bits per heavy atom. The van der Waals surface area contributed by atoms with Crippen LogP contribution in [-0.2, 0) is 4.74 Å². The second-order valence-corrected chi connectivity index (χ2v) is 5.49. The van der Waals surface area contributed by atoms with Crippen molar-refractivity contribution in [3.05, 3.63) is 23.2 Å². The third-order valence-electron chi connectivity index (χ3n) is 3.62. The van der Waals surface area contributed by atoms with Crippen molar-refractivity contribution in [1.29, 1.82) is 0 Å². The molecular formula is C13H20Cl2N4O2. The van der Waals surface area contributed by atoms with Crippen LogP contribution in [0.5, 0.6) is 0 Å². The van der Waals surface area contributed by atoms with Crippen molar-refractivity contribution >= 4 is 29.9 Å². The fourth-order valence-electron chi connectivity index (χ4n) is 2.47. The smallest absolute Gasteiger partial charge is 0.271 e. The first-order valence-corrected chi connectivity index (χ1v) is 6.98. The van der Waals surface area contributed by atoms with Crippen LogP contribution in [0.4, 0.5) is 0 Å². The lowest BCUT2D eigenvalue weighted by atomic mass is 9.79. The number of carbonyl (C=O) groups is 1. The average Bonchev–Trinajstić information content (AvgIpc) is 2.47. The van der Waals surface area contributed by atoms with E-state index < -0.39 is 0 Å². The minimum Gasteiger partial charge on any atom is -0.384 e. The molecule has 6 nitrogen and oxygen atoms in total. The molecule has 1 aromatic heterocycles. The van der Waals surface area contributed by atoms with Crippen molar-refractivity contribution in [2.75, 3.05) is 33.4 Å². The van der Waals surface area contributed by atoms with Crippen molar-refractivity contribution in [2.24, 2.45) is 5.41 Å². The first-order valence-electron chi connectivity index (χ1n) is 6.60. The summed E-state index contributed by atoms with van der Waals surface area (Å²) in [5.41, 5.74) is 0.193. The number of methoxy groups -OCH3 is 1. The van der Waals surface area contributed by atoms with Crippen LogP contribution in [-0.4, -0.2) is 49.2 Å². The van der Waals surface area contributed by atoms with Gasteiger partial charge in [-0.05, 0) is 25.9 Å². The number of piperidine rings is 1. The van der Waals surface area contributed by atoms with Crippen molar-refractivity contribution < 1.29 is 9.53 Å². The third-order valence-corrected chi connectivity index (χ3v) is 3.90.